The van der Waals surface area contributed by atoms with Crippen LogP contribution in [-0.2, 0) is 13.6 Å². The number of halogens is 17. The van der Waals surface area contributed by atoms with Gasteiger partial charge in [0.2, 0.25) is 5.50 Å². The summed E-state index contributed by atoms with van der Waals surface area (Å²) >= 11 is -2.51. The molecule has 0 N–H and O–H groups in total. The molecule has 0 saturated carbocycles. The van der Waals surface area contributed by atoms with Gasteiger partial charge in [0.25, 0.3) is 0 Å². The van der Waals surface area contributed by atoms with Crippen molar-refractivity contribution in [3.05, 3.63) is 0 Å². The van der Waals surface area contributed by atoms with Gasteiger partial charge in [0.1, 0.15) is 6.10 Å². The van der Waals surface area contributed by atoms with Crippen LogP contribution in [0.25, 0.3) is 0 Å². The number of hydrogen-bond donors (Lipinski definition) is 0. The van der Waals surface area contributed by atoms with Crippen LogP contribution in [0.3, 0.4) is 0 Å². The Kier molecular flexibility index (Phi) is 9.69. The Morgan fingerprint density at radius 1 is 0.629 bits per heavy atom. The summed E-state index contributed by atoms with van der Waals surface area (Å²) in [5.74, 6) is -55.8. The molecule has 212 valence electrons. The fourth-order valence-corrected chi connectivity index (χ4v) is 3.32. The first-order valence-corrected chi connectivity index (χ1v) is 10.5. The van der Waals surface area contributed by atoms with Crippen LogP contribution in [0.4, 0.5) is 73.9 Å². The van der Waals surface area contributed by atoms with Crippen LogP contribution in [0.1, 0.15) is 20.8 Å². The second kappa shape index (κ2) is 9.89. The molecule has 0 aliphatic heterocycles. The summed E-state index contributed by atoms with van der Waals surface area (Å²) in [5, 5.41) is 0. The van der Waals surface area contributed by atoms with Crippen molar-refractivity contribution in [2.45, 2.75) is 79.9 Å². The van der Waals surface area contributed by atoms with Crippen LogP contribution >= 0.6 is 20.1 Å². The van der Waals surface area contributed by atoms with Crippen molar-refractivity contribution in [1.82, 2.24) is 0 Å². The Morgan fingerprint density at radius 2 is 0.943 bits per heavy atom. The van der Waals surface area contributed by atoms with Crippen molar-refractivity contribution in [1.29, 1.82) is 0 Å². The molecule has 0 bridgehead atoms. The molecule has 22 heteroatoms. The molecule has 0 heterocycles. The second-order valence-corrected chi connectivity index (χ2v) is 8.73. The lowest BCUT2D eigenvalue weighted by atomic mass is 9.88. The standard InChI is InChI=1S/C13H12F17O3PS/c1-4(2)32-34(29,31)33-5(3)7(15,16)9(19,20)11(23,24)13(27,28)12(25,26)10(21,22)8(17,18)6(14)35-30/h4-6H,1-3H3. The second-order valence-electron chi connectivity index (χ2n) is 6.86. The maximum atomic E-state index is 13.9. The normalized spacial score (nSPS) is 19.0. The third kappa shape index (κ3) is 5.46. The third-order valence-electron chi connectivity index (χ3n) is 3.91. The molecular formula is C13H12F17O3PS. The molecule has 3 nitrogen and oxygen atoms in total. The Balaban J connectivity index is 6.61. The highest BCUT2D eigenvalue weighted by atomic mass is 32.2. The molecule has 0 aromatic heterocycles. The largest absolute Gasteiger partial charge is 0.513 e. The van der Waals surface area contributed by atoms with Crippen LogP contribution in [0.5, 0.6) is 0 Å². The van der Waals surface area contributed by atoms with Gasteiger partial charge < -0.3 is 0 Å². The zero-order valence-corrected chi connectivity index (χ0v) is 18.4. The van der Waals surface area contributed by atoms with E-state index in [-0.39, 0.29) is 0 Å². The SMILES string of the molecule is CC(C)OP(=O)(F)OC(C)C(F)(F)C(F)(F)C(F)(F)C(F)(F)C(F)(F)C(F)(F)C(F)(F)C(F)SF. The summed E-state index contributed by atoms with van der Waals surface area (Å²) in [6.45, 7) is 1.14. The fourth-order valence-electron chi connectivity index (χ4n) is 2.00. The molecular weight excluding hydrogens is 590 g/mol. The average Bonchev–Trinajstić information content (AvgIpc) is 2.64. The predicted molar refractivity (Wildman–Crippen MR) is 83.7 cm³/mol. The van der Waals surface area contributed by atoms with E-state index in [2.05, 4.69) is 9.05 Å². The monoisotopic (exact) mass is 602 g/mol. The molecule has 0 amide bonds. The van der Waals surface area contributed by atoms with Gasteiger partial charge >= 0.3 is 49.4 Å². The molecule has 3 unspecified atom stereocenters. The summed E-state index contributed by atoms with van der Waals surface area (Å²) in [4.78, 5) is 0. The van der Waals surface area contributed by atoms with E-state index < -0.39 is 86.1 Å². The zero-order chi connectivity index (χ0) is 28.9. The Morgan fingerprint density at radius 3 is 1.26 bits per heavy atom. The lowest BCUT2D eigenvalue weighted by molar-refractivity contribution is -0.445. The topological polar surface area (TPSA) is 35.5 Å². The summed E-state index contributed by atoms with van der Waals surface area (Å²) < 4.78 is 246. The number of alkyl halides is 15. The van der Waals surface area contributed by atoms with E-state index in [0.717, 1.165) is 13.8 Å². The third-order valence-corrected chi connectivity index (χ3v) is 5.60. The van der Waals surface area contributed by atoms with E-state index in [0.29, 0.717) is 0 Å². The van der Waals surface area contributed by atoms with Crippen molar-refractivity contribution >= 4 is 20.1 Å². The van der Waals surface area contributed by atoms with Crippen molar-refractivity contribution in [3.63, 3.8) is 0 Å². The molecule has 0 spiro atoms. The van der Waals surface area contributed by atoms with E-state index in [9.17, 15) is 78.5 Å². The first kappa shape index (κ1) is 34.3. The van der Waals surface area contributed by atoms with Crippen LogP contribution in [0.2, 0.25) is 0 Å². The molecule has 0 rings (SSSR count). The number of hydrogen-bond acceptors (Lipinski definition) is 4. The van der Waals surface area contributed by atoms with Crippen molar-refractivity contribution in [3.8, 4) is 0 Å². The smallest absolute Gasteiger partial charge is 0.281 e. The zero-order valence-electron chi connectivity index (χ0n) is 16.7. The van der Waals surface area contributed by atoms with Crippen molar-refractivity contribution in [2.24, 2.45) is 0 Å². The lowest BCUT2D eigenvalue weighted by Crippen LogP contribution is -2.74. The molecule has 0 saturated heterocycles. The summed E-state index contributed by atoms with van der Waals surface area (Å²) in [7, 11) is -6.35. The van der Waals surface area contributed by atoms with Gasteiger partial charge in [0, 0.05) is 0 Å². The van der Waals surface area contributed by atoms with Crippen LogP contribution in [0.15, 0.2) is 0 Å². The van der Waals surface area contributed by atoms with Crippen LogP contribution < -0.4 is 0 Å². The fraction of sp³-hybridized carbons (Fsp3) is 1.00. The minimum atomic E-state index is -8.56. The van der Waals surface area contributed by atoms with Gasteiger partial charge in [-0.3, -0.25) is 9.05 Å². The van der Waals surface area contributed by atoms with Gasteiger partial charge in [0.15, 0.2) is 0 Å². The Labute approximate surface area is 188 Å². The van der Waals surface area contributed by atoms with E-state index in [4.69, 9.17) is 0 Å². The molecule has 0 aliphatic rings. The first-order valence-electron chi connectivity index (χ1n) is 8.25. The molecule has 0 radical (unpaired) electrons. The highest BCUT2D eigenvalue weighted by Gasteiger charge is 2.93. The van der Waals surface area contributed by atoms with Gasteiger partial charge in [-0.05, 0) is 20.8 Å². The predicted octanol–water partition coefficient (Wildman–Crippen LogP) is 8.25. The van der Waals surface area contributed by atoms with Gasteiger partial charge in [-0.2, -0.15) is 65.4 Å². The van der Waals surface area contributed by atoms with E-state index in [1.54, 1.807) is 0 Å². The van der Waals surface area contributed by atoms with Gasteiger partial charge in [0.05, 0.1) is 18.3 Å². The first-order chi connectivity index (χ1) is 15.0. The molecule has 0 aliphatic carbocycles. The maximum Gasteiger partial charge on any atom is 0.513 e. The van der Waals surface area contributed by atoms with E-state index in [1.807, 2.05) is 0 Å². The lowest BCUT2D eigenvalue weighted by Gasteiger charge is -2.43. The summed E-state index contributed by atoms with van der Waals surface area (Å²) in [5.41, 5.74) is -5.15. The van der Waals surface area contributed by atoms with Crippen LogP contribution in [-0.4, -0.2) is 59.2 Å². The molecule has 0 aromatic rings. The molecule has 35 heavy (non-hydrogen) atoms. The van der Waals surface area contributed by atoms with Crippen LogP contribution in [0, 0.1) is 0 Å². The highest BCUT2D eigenvalue weighted by molar-refractivity contribution is 7.94. The summed E-state index contributed by atoms with van der Waals surface area (Å²) in [6, 6.07) is 0. The highest BCUT2D eigenvalue weighted by Crippen LogP contribution is 2.64. The number of rotatable bonds is 13. The molecule has 3 atom stereocenters. The molecule has 0 aromatic carbocycles. The van der Waals surface area contributed by atoms with Gasteiger partial charge in [-0.25, -0.2) is 8.96 Å². The van der Waals surface area contributed by atoms with Crippen molar-refractivity contribution in [2.75, 3.05) is 0 Å². The van der Waals surface area contributed by atoms with E-state index >= 15 is 0 Å². The van der Waals surface area contributed by atoms with Gasteiger partial charge in [-0.1, -0.05) is 0 Å². The van der Waals surface area contributed by atoms with E-state index in [1.165, 1.54) is 0 Å². The Bertz CT molecular complexity index is 789. The maximum absolute atomic E-state index is 13.9. The Hall–Kier alpha value is -0.690. The average molecular weight is 602 g/mol. The van der Waals surface area contributed by atoms with Gasteiger partial charge in [-0.15, -0.1) is 4.20 Å². The van der Waals surface area contributed by atoms with Crippen molar-refractivity contribution < 1.29 is 87.6 Å². The summed E-state index contributed by atoms with van der Waals surface area (Å²) in [6.07, 6.45) is -5.73. The quantitative estimate of drug-likeness (QED) is 0.157. The minimum absolute atomic E-state index is 0.537. The minimum Gasteiger partial charge on any atom is -0.281 e. The molecule has 0 fully saturated rings.